The molecule has 1 aromatic rings. The van der Waals surface area contributed by atoms with Crippen LogP contribution >= 0.6 is 0 Å². The molecule has 1 aromatic heterocycles. The summed E-state index contributed by atoms with van der Waals surface area (Å²) in [6.07, 6.45) is 7.02. The van der Waals surface area contributed by atoms with Crippen LogP contribution in [0, 0.1) is 22.0 Å². The largest absolute Gasteiger partial charge is 0.334 e. The standard InChI is InChI=1S/C16H21N3O3/c1-11-4-2-5-12-6-3-9-18(15(11)12)16(20)14-8-7-13(10-17-14)19(21)22/h7-8,10-12,15H,2-6,9H2,1H3/t11-,12-,15-/m1/s1. The number of nitrogens with zero attached hydrogens (tertiary/aromatic N) is 3. The lowest BCUT2D eigenvalue weighted by molar-refractivity contribution is -0.385. The molecule has 0 radical (unpaired) electrons. The molecule has 0 bridgehead atoms. The molecule has 1 aliphatic carbocycles. The van der Waals surface area contributed by atoms with Gasteiger partial charge in [-0.2, -0.15) is 0 Å². The van der Waals surface area contributed by atoms with Crippen molar-refractivity contribution in [2.24, 2.45) is 11.8 Å². The number of hydrogen-bond acceptors (Lipinski definition) is 4. The Bertz CT molecular complexity index is 571. The van der Waals surface area contributed by atoms with E-state index < -0.39 is 4.92 Å². The minimum Gasteiger partial charge on any atom is -0.334 e. The van der Waals surface area contributed by atoms with E-state index >= 15 is 0 Å². The molecule has 1 saturated carbocycles. The Morgan fingerprint density at radius 3 is 2.77 bits per heavy atom. The summed E-state index contributed by atoms with van der Waals surface area (Å²) in [6, 6.07) is 3.12. The van der Waals surface area contributed by atoms with Crippen molar-refractivity contribution in [1.82, 2.24) is 9.88 Å². The summed E-state index contributed by atoms with van der Waals surface area (Å²) in [5.74, 6) is 1.03. The molecule has 118 valence electrons. The maximum absolute atomic E-state index is 12.8. The number of carbonyl (C=O) groups excluding carboxylic acids is 1. The van der Waals surface area contributed by atoms with Gasteiger partial charge < -0.3 is 4.90 Å². The van der Waals surface area contributed by atoms with Crippen molar-refractivity contribution in [2.75, 3.05) is 6.54 Å². The third kappa shape index (κ3) is 2.69. The van der Waals surface area contributed by atoms with Crippen LogP contribution < -0.4 is 0 Å². The summed E-state index contributed by atoms with van der Waals surface area (Å²) in [5.41, 5.74) is 0.225. The van der Waals surface area contributed by atoms with Crippen LogP contribution in [0.2, 0.25) is 0 Å². The van der Waals surface area contributed by atoms with Crippen molar-refractivity contribution in [1.29, 1.82) is 0 Å². The van der Waals surface area contributed by atoms with Crippen LogP contribution in [0.25, 0.3) is 0 Å². The molecule has 3 rings (SSSR count). The van der Waals surface area contributed by atoms with Gasteiger partial charge in [0, 0.05) is 18.7 Å². The van der Waals surface area contributed by atoms with E-state index in [9.17, 15) is 14.9 Å². The third-order valence-corrected chi connectivity index (χ3v) is 5.07. The summed E-state index contributed by atoms with van der Waals surface area (Å²) in [5, 5.41) is 10.7. The first-order valence-corrected chi connectivity index (χ1v) is 7.99. The predicted molar refractivity (Wildman–Crippen MR) is 81.5 cm³/mol. The first kappa shape index (κ1) is 14.9. The lowest BCUT2D eigenvalue weighted by Gasteiger charge is -2.47. The van der Waals surface area contributed by atoms with E-state index in [2.05, 4.69) is 11.9 Å². The van der Waals surface area contributed by atoms with Gasteiger partial charge in [-0.15, -0.1) is 0 Å². The van der Waals surface area contributed by atoms with E-state index in [1.54, 1.807) is 0 Å². The molecule has 6 heteroatoms. The first-order chi connectivity index (χ1) is 10.6. The number of aromatic nitrogens is 1. The van der Waals surface area contributed by atoms with Crippen molar-refractivity contribution in [3.63, 3.8) is 0 Å². The molecule has 6 nitrogen and oxygen atoms in total. The highest BCUT2D eigenvalue weighted by Crippen LogP contribution is 2.39. The monoisotopic (exact) mass is 303 g/mol. The fourth-order valence-electron chi connectivity index (χ4n) is 4.06. The molecule has 22 heavy (non-hydrogen) atoms. The van der Waals surface area contributed by atoms with E-state index in [0.29, 0.717) is 23.6 Å². The van der Waals surface area contributed by atoms with Crippen LogP contribution in [0.15, 0.2) is 18.3 Å². The Kier molecular flexibility index (Phi) is 4.09. The van der Waals surface area contributed by atoms with Crippen LogP contribution in [-0.4, -0.2) is 33.3 Å². The Labute approximate surface area is 129 Å². The van der Waals surface area contributed by atoms with Gasteiger partial charge >= 0.3 is 0 Å². The highest BCUT2D eigenvalue weighted by Gasteiger charge is 2.40. The van der Waals surface area contributed by atoms with Gasteiger partial charge in [-0.3, -0.25) is 14.9 Å². The molecule has 2 fully saturated rings. The second kappa shape index (κ2) is 6.02. The van der Waals surface area contributed by atoms with Gasteiger partial charge in [-0.1, -0.05) is 13.3 Å². The van der Waals surface area contributed by atoms with E-state index in [-0.39, 0.29) is 11.6 Å². The number of pyridine rings is 1. The van der Waals surface area contributed by atoms with Gasteiger partial charge in [0.05, 0.1) is 4.92 Å². The number of amides is 1. The van der Waals surface area contributed by atoms with Gasteiger partial charge in [-0.05, 0) is 43.6 Å². The first-order valence-electron chi connectivity index (χ1n) is 7.99. The highest BCUT2D eigenvalue weighted by atomic mass is 16.6. The maximum atomic E-state index is 12.8. The number of carbonyl (C=O) groups is 1. The Hall–Kier alpha value is -1.98. The molecule has 1 aliphatic heterocycles. The summed E-state index contributed by atoms with van der Waals surface area (Å²) in [6.45, 7) is 2.99. The molecule has 2 aliphatic rings. The van der Waals surface area contributed by atoms with Gasteiger partial charge in [0.15, 0.2) is 0 Å². The number of hydrogen-bond donors (Lipinski definition) is 0. The molecule has 1 saturated heterocycles. The molecule has 0 aromatic carbocycles. The summed E-state index contributed by atoms with van der Waals surface area (Å²) in [4.78, 5) is 28.9. The topological polar surface area (TPSA) is 76.3 Å². The molecule has 3 atom stereocenters. The van der Waals surface area contributed by atoms with Gasteiger partial charge in [-0.25, -0.2) is 4.98 Å². The van der Waals surface area contributed by atoms with Crippen LogP contribution in [0.3, 0.4) is 0 Å². The SMILES string of the molecule is C[C@@H]1CCC[C@@H]2CCCN(C(=O)c3ccc([N+](=O)[O-])cn3)[C@@H]21. The van der Waals surface area contributed by atoms with Gasteiger partial charge in [0.1, 0.15) is 11.9 Å². The lowest BCUT2D eigenvalue weighted by Crippen LogP contribution is -2.53. The average molecular weight is 303 g/mol. The predicted octanol–water partition coefficient (Wildman–Crippen LogP) is 3.03. The average Bonchev–Trinajstić information content (AvgIpc) is 2.54. The second-order valence-electron chi connectivity index (χ2n) is 6.46. The number of nitro groups is 1. The quantitative estimate of drug-likeness (QED) is 0.621. The normalized spacial score (nSPS) is 28.0. The molecular weight excluding hydrogens is 282 g/mol. The van der Waals surface area contributed by atoms with Crippen molar-refractivity contribution in [3.05, 3.63) is 34.1 Å². The molecule has 0 N–H and O–H groups in total. The van der Waals surface area contributed by atoms with Crippen molar-refractivity contribution >= 4 is 11.6 Å². The summed E-state index contributed by atoms with van der Waals surface area (Å²) in [7, 11) is 0. The highest BCUT2D eigenvalue weighted by molar-refractivity contribution is 5.92. The number of rotatable bonds is 2. The lowest BCUT2D eigenvalue weighted by atomic mass is 9.73. The van der Waals surface area contributed by atoms with Gasteiger partial charge in [0.2, 0.25) is 0 Å². The summed E-state index contributed by atoms with van der Waals surface area (Å²) >= 11 is 0. The Morgan fingerprint density at radius 2 is 2.09 bits per heavy atom. The molecule has 2 heterocycles. The number of likely N-dealkylation sites (tertiary alicyclic amines) is 1. The van der Waals surface area contributed by atoms with E-state index in [1.807, 2.05) is 4.90 Å². The maximum Gasteiger partial charge on any atom is 0.287 e. The fourth-order valence-corrected chi connectivity index (χ4v) is 4.06. The zero-order valence-electron chi connectivity index (χ0n) is 12.8. The minimum atomic E-state index is -0.499. The fraction of sp³-hybridized carbons (Fsp3) is 0.625. The smallest absolute Gasteiger partial charge is 0.287 e. The van der Waals surface area contributed by atoms with Crippen molar-refractivity contribution < 1.29 is 9.72 Å². The van der Waals surface area contributed by atoms with Crippen LogP contribution in [0.1, 0.15) is 49.5 Å². The zero-order chi connectivity index (χ0) is 15.7. The Morgan fingerprint density at radius 1 is 1.32 bits per heavy atom. The Balaban J connectivity index is 1.82. The zero-order valence-corrected chi connectivity index (χ0v) is 12.8. The van der Waals surface area contributed by atoms with Crippen LogP contribution in [0.5, 0.6) is 0 Å². The summed E-state index contributed by atoms with van der Waals surface area (Å²) < 4.78 is 0. The van der Waals surface area contributed by atoms with Crippen molar-refractivity contribution in [2.45, 2.75) is 45.1 Å². The molecule has 0 spiro atoms. The number of fused-ring (bicyclic) bond motifs is 1. The molecular formula is C16H21N3O3. The van der Waals surface area contributed by atoms with Crippen molar-refractivity contribution in [3.8, 4) is 0 Å². The van der Waals surface area contributed by atoms with E-state index in [1.165, 1.54) is 44.0 Å². The van der Waals surface area contributed by atoms with Crippen LogP contribution in [-0.2, 0) is 0 Å². The minimum absolute atomic E-state index is 0.0842. The molecule has 0 unspecified atom stereocenters. The second-order valence-corrected chi connectivity index (χ2v) is 6.46. The van der Waals surface area contributed by atoms with Gasteiger partial charge in [0.25, 0.3) is 11.6 Å². The van der Waals surface area contributed by atoms with E-state index in [4.69, 9.17) is 0 Å². The number of piperidine rings is 1. The van der Waals surface area contributed by atoms with E-state index in [0.717, 1.165) is 13.0 Å². The molecule has 1 amide bonds. The van der Waals surface area contributed by atoms with Crippen LogP contribution in [0.4, 0.5) is 5.69 Å². The third-order valence-electron chi connectivity index (χ3n) is 5.07.